The molecule has 0 aliphatic carbocycles. The Hall–Kier alpha value is -1.26. The molecule has 0 amide bonds. The summed E-state index contributed by atoms with van der Waals surface area (Å²) in [5.41, 5.74) is 2.48. The Labute approximate surface area is 135 Å². The molecule has 4 heteroatoms. The topological polar surface area (TPSA) is 28.4 Å². The molecule has 1 aromatic carbocycles. The first-order valence-electron chi connectivity index (χ1n) is 7.39. The van der Waals surface area contributed by atoms with Gasteiger partial charge in [0.05, 0.1) is 18.5 Å². The average Bonchev–Trinajstić information content (AvgIpc) is 2.96. The van der Waals surface area contributed by atoms with Crippen molar-refractivity contribution in [2.24, 2.45) is 0 Å². The third-order valence-electron chi connectivity index (χ3n) is 3.38. The van der Waals surface area contributed by atoms with Gasteiger partial charge in [0.1, 0.15) is 5.76 Å². The van der Waals surface area contributed by atoms with Gasteiger partial charge in [-0.05, 0) is 52.7 Å². The van der Waals surface area contributed by atoms with Crippen LogP contribution < -0.4 is 10.2 Å². The first-order chi connectivity index (χ1) is 10.1. The van der Waals surface area contributed by atoms with Gasteiger partial charge in [-0.25, -0.2) is 0 Å². The Kier molecular flexibility index (Phi) is 5.88. The second-order valence-electron chi connectivity index (χ2n) is 5.41. The Morgan fingerprint density at radius 1 is 1.29 bits per heavy atom. The molecular weight excluding hydrogens is 328 g/mol. The van der Waals surface area contributed by atoms with Gasteiger partial charge in [0, 0.05) is 23.6 Å². The lowest BCUT2D eigenvalue weighted by molar-refractivity contribution is 0.503. The molecule has 0 saturated heterocycles. The minimum absolute atomic E-state index is 0.495. The zero-order valence-electron chi connectivity index (χ0n) is 12.9. The summed E-state index contributed by atoms with van der Waals surface area (Å²) in [6.45, 7) is 9.08. The van der Waals surface area contributed by atoms with E-state index in [9.17, 15) is 0 Å². The first-order valence-corrected chi connectivity index (χ1v) is 8.18. The van der Waals surface area contributed by atoms with Gasteiger partial charge in [-0.3, -0.25) is 0 Å². The van der Waals surface area contributed by atoms with Gasteiger partial charge >= 0.3 is 0 Å². The van der Waals surface area contributed by atoms with Crippen LogP contribution in [0.3, 0.4) is 0 Å². The lowest BCUT2D eigenvalue weighted by atomic mass is 10.2. The van der Waals surface area contributed by atoms with Crippen molar-refractivity contribution in [3.05, 3.63) is 52.4 Å². The monoisotopic (exact) mass is 350 g/mol. The van der Waals surface area contributed by atoms with E-state index in [1.807, 2.05) is 12.1 Å². The molecule has 2 rings (SSSR count). The number of benzene rings is 1. The number of nitrogens with zero attached hydrogens (tertiary/aromatic N) is 1. The summed E-state index contributed by atoms with van der Waals surface area (Å²) in [6.07, 6.45) is 1.72. The van der Waals surface area contributed by atoms with Gasteiger partial charge in [-0.15, -0.1) is 0 Å². The first kappa shape index (κ1) is 16.1. The van der Waals surface area contributed by atoms with E-state index >= 15 is 0 Å². The fraction of sp³-hybridized carbons (Fsp3) is 0.412. The molecule has 21 heavy (non-hydrogen) atoms. The lowest BCUT2D eigenvalue weighted by Crippen LogP contribution is -2.23. The Balaban J connectivity index is 2.10. The quantitative estimate of drug-likeness (QED) is 0.792. The molecule has 0 atom stereocenters. The van der Waals surface area contributed by atoms with Gasteiger partial charge in [0.15, 0.2) is 0 Å². The summed E-state index contributed by atoms with van der Waals surface area (Å²) < 4.78 is 6.57. The van der Waals surface area contributed by atoms with Gasteiger partial charge in [0.2, 0.25) is 0 Å². The molecule has 0 saturated carbocycles. The number of hydrogen-bond donors (Lipinski definition) is 1. The summed E-state index contributed by atoms with van der Waals surface area (Å²) in [5, 5.41) is 3.44. The van der Waals surface area contributed by atoms with E-state index in [0.29, 0.717) is 6.04 Å². The van der Waals surface area contributed by atoms with Gasteiger partial charge in [-0.1, -0.05) is 19.9 Å². The number of hydrogen-bond acceptors (Lipinski definition) is 3. The molecule has 0 aliphatic rings. The number of halogens is 1. The maximum absolute atomic E-state index is 5.45. The molecule has 0 spiro atoms. The molecule has 1 heterocycles. The van der Waals surface area contributed by atoms with Crippen LogP contribution in [0.5, 0.6) is 0 Å². The zero-order chi connectivity index (χ0) is 15.2. The Morgan fingerprint density at radius 2 is 2.10 bits per heavy atom. The highest BCUT2D eigenvalue weighted by atomic mass is 79.9. The van der Waals surface area contributed by atoms with Crippen molar-refractivity contribution < 1.29 is 4.42 Å². The molecule has 0 bridgehead atoms. The predicted molar refractivity (Wildman–Crippen MR) is 91.5 cm³/mol. The van der Waals surface area contributed by atoms with Crippen molar-refractivity contribution in [3.8, 4) is 0 Å². The molecule has 1 N–H and O–H groups in total. The van der Waals surface area contributed by atoms with Crippen molar-refractivity contribution in [1.82, 2.24) is 5.32 Å². The third-order valence-corrected chi connectivity index (χ3v) is 4.01. The molecule has 0 unspecified atom stereocenters. The molecule has 0 aliphatic heterocycles. The molecule has 3 nitrogen and oxygen atoms in total. The summed E-state index contributed by atoms with van der Waals surface area (Å²) in [7, 11) is 0. The maximum atomic E-state index is 5.45. The molecule has 0 fully saturated rings. The SMILES string of the molecule is CCN(Cc1ccco1)c1ccc(CNC(C)C)cc1Br. The van der Waals surface area contributed by atoms with E-state index in [4.69, 9.17) is 4.42 Å². The fourth-order valence-corrected chi connectivity index (χ4v) is 2.87. The predicted octanol–water partition coefficient (Wildman–Crippen LogP) is 4.57. The third kappa shape index (κ3) is 4.61. The number of furan rings is 1. The Morgan fingerprint density at radius 3 is 2.67 bits per heavy atom. The second kappa shape index (κ2) is 7.66. The van der Waals surface area contributed by atoms with Crippen LogP contribution in [0.1, 0.15) is 32.1 Å². The largest absolute Gasteiger partial charge is 0.467 e. The van der Waals surface area contributed by atoms with E-state index in [0.717, 1.165) is 29.9 Å². The van der Waals surface area contributed by atoms with Crippen LogP contribution in [0.4, 0.5) is 5.69 Å². The van der Waals surface area contributed by atoms with Gasteiger partial charge in [-0.2, -0.15) is 0 Å². The number of rotatable bonds is 7. The van der Waals surface area contributed by atoms with E-state index in [1.165, 1.54) is 11.3 Å². The van der Waals surface area contributed by atoms with Crippen LogP contribution in [0.25, 0.3) is 0 Å². The second-order valence-corrected chi connectivity index (χ2v) is 6.27. The smallest absolute Gasteiger partial charge is 0.123 e. The lowest BCUT2D eigenvalue weighted by Gasteiger charge is -2.24. The highest BCUT2D eigenvalue weighted by Gasteiger charge is 2.11. The van der Waals surface area contributed by atoms with E-state index < -0.39 is 0 Å². The van der Waals surface area contributed by atoms with Crippen molar-refractivity contribution in [2.45, 2.75) is 39.9 Å². The summed E-state index contributed by atoms with van der Waals surface area (Å²) >= 11 is 3.70. The van der Waals surface area contributed by atoms with Crippen LogP contribution in [0.15, 0.2) is 45.5 Å². The highest BCUT2D eigenvalue weighted by molar-refractivity contribution is 9.10. The highest BCUT2D eigenvalue weighted by Crippen LogP contribution is 2.28. The maximum Gasteiger partial charge on any atom is 0.123 e. The summed E-state index contributed by atoms with van der Waals surface area (Å²) in [5.74, 6) is 0.981. The number of anilines is 1. The van der Waals surface area contributed by atoms with Crippen molar-refractivity contribution in [1.29, 1.82) is 0 Å². The van der Waals surface area contributed by atoms with Crippen LogP contribution in [0, 0.1) is 0 Å². The molecule has 0 radical (unpaired) electrons. The minimum atomic E-state index is 0.495. The molecule has 2 aromatic rings. The van der Waals surface area contributed by atoms with Gasteiger partial charge < -0.3 is 14.6 Å². The normalized spacial score (nSPS) is 11.1. The van der Waals surface area contributed by atoms with Crippen LogP contribution in [-0.2, 0) is 13.1 Å². The van der Waals surface area contributed by atoms with E-state index in [2.05, 4.69) is 65.1 Å². The summed E-state index contributed by atoms with van der Waals surface area (Å²) in [4.78, 5) is 2.29. The van der Waals surface area contributed by atoms with Crippen molar-refractivity contribution in [3.63, 3.8) is 0 Å². The summed E-state index contributed by atoms with van der Waals surface area (Å²) in [6, 6.07) is 11.0. The zero-order valence-corrected chi connectivity index (χ0v) is 14.5. The molecule has 114 valence electrons. The fourth-order valence-electron chi connectivity index (χ4n) is 2.20. The van der Waals surface area contributed by atoms with Crippen LogP contribution in [-0.4, -0.2) is 12.6 Å². The Bertz CT molecular complexity index is 552. The van der Waals surface area contributed by atoms with Gasteiger partial charge in [0.25, 0.3) is 0 Å². The molecular formula is C17H23BrN2O. The average molecular weight is 351 g/mol. The van der Waals surface area contributed by atoms with E-state index in [-0.39, 0.29) is 0 Å². The number of nitrogens with one attached hydrogen (secondary N) is 1. The molecule has 1 aromatic heterocycles. The van der Waals surface area contributed by atoms with Crippen molar-refractivity contribution >= 4 is 21.6 Å². The van der Waals surface area contributed by atoms with Crippen LogP contribution >= 0.6 is 15.9 Å². The standard InChI is InChI=1S/C17H23BrN2O/c1-4-20(12-15-6-5-9-21-15)17-8-7-14(10-16(17)18)11-19-13(2)3/h5-10,13,19H,4,11-12H2,1-3H3. The van der Waals surface area contributed by atoms with E-state index in [1.54, 1.807) is 6.26 Å². The van der Waals surface area contributed by atoms with Crippen LogP contribution in [0.2, 0.25) is 0 Å². The van der Waals surface area contributed by atoms with Crippen molar-refractivity contribution in [2.75, 3.05) is 11.4 Å². The minimum Gasteiger partial charge on any atom is -0.467 e.